The fraction of sp³-hybridized carbons (Fsp3) is 0.562. The molecule has 4 nitrogen and oxygen atoms in total. The molecule has 4 heteroatoms. The van der Waals surface area contributed by atoms with Gasteiger partial charge in [0.25, 0.3) is 0 Å². The average molecular weight is 277 g/mol. The van der Waals surface area contributed by atoms with Crippen LogP contribution in [0.2, 0.25) is 0 Å². The quantitative estimate of drug-likeness (QED) is 0.809. The topological polar surface area (TPSA) is 53.7 Å². The Labute approximate surface area is 120 Å². The second-order valence-electron chi connectivity index (χ2n) is 5.30. The van der Waals surface area contributed by atoms with E-state index in [9.17, 15) is 9.90 Å². The molecule has 2 atom stereocenters. The van der Waals surface area contributed by atoms with Crippen LogP contribution in [0.5, 0.6) is 0 Å². The highest BCUT2D eigenvalue weighted by molar-refractivity contribution is 5.95. The lowest BCUT2D eigenvalue weighted by Crippen LogP contribution is -2.32. The zero-order chi connectivity index (χ0) is 14.5. The van der Waals surface area contributed by atoms with Crippen LogP contribution in [0.15, 0.2) is 28.7 Å². The van der Waals surface area contributed by atoms with Crippen molar-refractivity contribution in [1.29, 1.82) is 0 Å². The molecule has 1 aliphatic heterocycles. The molecule has 0 aliphatic carbocycles. The molecule has 0 aromatic carbocycles. The third-order valence-corrected chi connectivity index (χ3v) is 3.62. The zero-order valence-electron chi connectivity index (χ0n) is 12.2. The second kappa shape index (κ2) is 6.75. The summed E-state index contributed by atoms with van der Waals surface area (Å²) in [5, 5.41) is 9.50. The van der Waals surface area contributed by atoms with Crippen LogP contribution >= 0.6 is 0 Å². The third-order valence-electron chi connectivity index (χ3n) is 3.62. The lowest BCUT2D eigenvalue weighted by atomic mass is 10.1. The van der Waals surface area contributed by atoms with Crippen molar-refractivity contribution in [2.75, 3.05) is 4.90 Å². The maximum absolute atomic E-state index is 12.0. The maximum Gasteiger partial charge on any atom is 0.229 e. The summed E-state index contributed by atoms with van der Waals surface area (Å²) >= 11 is 0. The SMILES string of the molecule is CCC/C=C\C[C@@H]1CCC(=O)N1c1ccc(C(C)O)o1. The van der Waals surface area contributed by atoms with Crippen LogP contribution < -0.4 is 4.90 Å². The highest BCUT2D eigenvalue weighted by atomic mass is 16.4. The molecule has 2 heterocycles. The molecule has 1 saturated heterocycles. The van der Waals surface area contributed by atoms with Gasteiger partial charge >= 0.3 is 0 Å². The van der Waals surface area contributed by atoms with E-state index in [2.05, 4.69) is 19.1 Å². The molecule has 0 saturated carbocycles. The zero-order valence-corrected chi connectivity index (χ0v) is 12.2. The lowest BCUT2D eigenvalue weighted by molar-refractivity contribution is -0.117. The minimum atomic E-state index is -0.649. The van der Waals surface area contributed by atoms with Gasteiger partial charge in [0, 0.05) is 18.5 Å². The first-order valence-corrected chi connectivity index (χ1v) is 7.38. The van der Waals surface area contributed by atoms with Crippen molar-refractivity contribution < 1.29 is 14.3 Å². The van der Waals surface area contributed by atoms with E-state index in [1.807, 2.05) is 0 Å². The van der Waals surface area contributed by atoms with E-state index in [1.165, 1.54) is 0 Å². The second-order valence-corrected chi connectivity index (χ2v) is 5.30. The minimum absolute atomic E-state index is 0.102. The highest BCUT2D eigenvalue weighted by Gasteiger charge is 2.33. The van der Waals surface area contributed by atoms with E-state index in [1.54, 1.807) is 24.0 Å². The molecular weight excluding hydrogens is 254 g/mol. The summed E-state index contributed by atoms with van der Waals surface area (Å²) in [6, 6.07) is 3.67. The summed E-state index contributed by atoms with van der Waals surface area (Å²) in [7, 11) is 0. The van der Waals surface area contributed by atoms with Crippen molar-refractivity contribution in [3.63, 3.8) is 0 Å². The number of nitrogens with zero attached hydrogens (tertiary/aromatic N) is 1. The molecule has 1 N–H and O–H groups in total. The Kier molecular flexibility index (Phi) is 5.01. The van der Waals surface area contributed by atoms with Crippen molar-refractivity contribution >= 4 is 11.8 Å². The van der Waals surface area contributed by atoms with Gasteiger partial charge in [-0.3, -0.25) is 9.69 Å². The van der Waals surface area contributed by atoms with E-state index < -0.39 is 6.10 Å². The Morgan fingerprint density at radius 3 is 2.95 bits per heavy atom. The predicted octanol–water partition coefficient (Wildman–Crippen LogP) is 3.57. The van der Waals surface area contributed by atoms with Gasteiger partial charge in [-0.1, -0.05) is 25.5 Å². The number of amides is 1. The molecule has 1 unspecified atom stereocenters. The van der Waals surface area contributed by atoms with Gasteiger partial charge < -0.3 is 9.52 Å². The Bertz CT molecular complexity index is 476. The van der Waals surface area contributed by atoms with Crippen LogP contribution in [0, 0.1) is 0 Å². The summed E-state index contributed by atoms with van der Waals surface area (Å²) in [6.45, 7) is 3.80. The fourth-order valence-corrected chi connectivity index (χ4v) is 2.50. The van der Waals surface area contributed by atoms with E-state index in [0.717, 1.165) is 25.7 Å². The van der Waals surface area contributed by atoms with Crippen molar-refractivity contribution in [2.24, 2.45) is 0 Å². The Morgan fingerprint density at radius 2 is 2.30 bits per heavy atom. The summed E-state index contributed by atoms with van der Waals surface area (Å²) < 4.78 is 5.59. The Balaban J connectivity index is 2.07. The van der Waals surface area contributed by atoms with Gasteiger partial charge in [0.15, 0.2) is 0 Å². The van der Waals surface area contributed by atoms with E-state index in [0.29, 0.717) is 18.1 Å². The number of hydrogen-bond acceptors (Lipinski definition) is 3. The van der Waals surface area contributed by atoms with Crippen molar-refractivity contribution in [3.8, 4) is 0 Å². The number of anilines is 1. The molecule has 1 aromatic heterocycles. The highest BCUT2D eigenvalue weighted by Crippen LogP contribution is 2.31. The smallest absolute Gasteiger partial charge is 0.229 e. The van der Waals surface area contributed by atoms with Gasteiger partial charge in [0.2, 0.25) is 11.8 Å². The van der Waals surface area contributed by atoms with E-state index in [-0.39, 0.29) is 11.9 Å². The van der Waals surface area contributed by atoms with Crippen LogP contribution in [-0.4, -0.2) is 17.1 Å². The largest absolute Gasteiger partial charge is 0.442 e. The van der Waals surface area contributed by atoms with Crippen molar-refractivity contribution in [3.05, 3.63) is 30.0 Å². The molecule has 2 rings (SSSR count). The predicted molar refractivity (Wildman–Crippen MR) is 78.5 cm³/mol. The van der Waals surface area contributed by atoms with Crippen LogP contribution in [0.25, 0.3) is 0 Å². The molecule has 0 bridgehead atoms. The molecular formula is C16H23NO3. The summed E-state index contributed by atoms with van der Waals surface area (Å²) in [5.41, 5.74) is 0. The first kappa shape index (κ1) is 14.9. The van der Waals surface area contributed by atoms with Gasteiger partial charge in [0.1, 0.15) is 11.9 Å². The molecule has 1 amide bonds. The summed E-state index contributed by atoms with van der Waals surface area (Å²) in [6.07, 6.45) is 8.17. The van der Waals surface area contributed by atoms with Crippen molar-refractivity contribution in [1.82, 2.24) is 0 Å². The third kappa shape index (κ3) is 3.31. The van der Waals surface area contributed by atoms with Crippen LogP contribution in [0.3, 0.4) is 0 Å². The number of allylic oxidation sites excluding steroid dienone is 1. The Morgan fingerprint density at radius 1 is 1.50 bits per heavy atom. The van der Waals surface area contributed by atoms with Crippen LogP contribution in [0.4, 0.5) is 5.88 Å². The van der Waals surface area contributed by atoms with Gasteiger partial charge in [-0.25, -0.2) is 0 Å². The molecule has 0 radical (unpaired) electrons. The van der Waals surface area contributed by atoms with Crippen molar-refractivity contribution in [2.45, 2.75) is 58.1 Å². The van der Waals surface area contributed by atoms with Crippen LogP contribution in [0.1, 0.15) is 57.8 Å². The number of aliphatic hydroxyl groups is 1. The summed E-state index contributed by atoms with van der Waals surface area (Å²) in [5.74, 6) is 1.16. The van der Waals surface area contributed by atoms with Crippen LogP contribution in [-0.2, 0) is 4.79 Å². The number of furan rings is 1. The van der Waals surface area contributed by atoms with Gasteiger partial charge in [-0.2, -0.15) is 0 Å². The standard InChI is InChI=1S/C16H23NO3/c1-3-4-5-6-7-13-8-10-15(19)17(13)16-11-9-14(20-16)12(2)18/h5-6,9,11-13,18H,3-4,7-8,10H2,1-2H3/b6-5-/t12?,13-/m1/s1. The molecule has 110 valence electrons. The number of unbranched alkanes of at least 4 members (excludes halogenated alkanes) is 1. The molecule has 1 fully saturated rings. The average Bonchev–Trinajstić information content (AvgIpc) is 3.01. The van der Waals surface area contributed by atoms with Gasteiger partial charge in [-0.05, 0) is 32.3 Å². The fourth-order valence-electron chi connectivity index (χ4n) is 2.50. The van der Waals surface area contributed by atoms with E-state index >= 15 is 0 Å². The number of aliphatic hydroxyl groups excluding tert-OH is 1. The maximum atomic E-state index is 12.0. The number of carbonyl (C=O) groups excluding carboxylic acids is 1. The minimum Gasteiger partial charge on any atom is -0.442 e. The van der Waals surface area contributed by atoms with Gasteiger partial charge in [-0.15, -0.1) is 0 Å². The Hall–Kier alpha value is -1.55. The lowest BCUT2D eigenvalue weighted by Gasteiger charge is -2.21. The normalized spacial score (nSPS) is 21.1. The van der Waals surface area contributed by atoms with Gasteiger partial charge in [0.05, 0.1) is 0 Å². The molecule has 1 aromatic rings. The molecule has 20 heavy (non-hydrogen) atoms. The number of rotatable bonds is 6. The first-order chi connectivity index (χ1) is 9.63. The van der Waals surface area contributed by atoms with E-state index in [4.69, 9.17) is 4.42 Å². The monoisotopic (exact) mass is 277 g/mol. The molecule has 1 aliphatic rings. The molecule has 0 spiro atoms. The number of hydrogen-bond donors (Lipinski definition) is 1. The number of carbonyl (C=O) groups is 1. The summed E-state index contributed by atoms with van der Waals surface area (Å²) in [4.78, 5) is 13.8. The first-order valence-electron chi connectivity index (χ1n) is 7.38.